The summed E-state index contributed by atoms with van der Waals surface area (Å²) < 4.78 is 0. The molecule has 1 aromatic carbocycles. The van der Waals surface area contributed by atoms with Gasteiger partial charge in [0, 0.05) is 5.92 Å². The number of aliphatic carboxylic acids is 1. The van der Waals surface area contributed by atoms with Gasteiger partial charge in [0.1, 0.15) is 5.75 Å². The van der Waals surface area contributed by atoms with Crippen molar-refractivity contribution < 1.29 is 19.8 Å². The SMILES string of the molecule is CC1(C(=O)O)CCC2(C)CCC3(C)C4=CCC5C(C)(CCC(C(=O)C=Cc6ccc(O)cc6)C5(C)C)C4=CCC3(C)C2C1. The summed E-state index contributed by atoms with van der Waals surface area (Å²) in [7, 11) is 0. The summed E-state index contributed by atoms with van der Waals surface area (Å²) in [5.41, 5.74) is 3.48. The average Bonchev–Trinajstić information content (AvgIpc) is 2.94. The van der Waals surface area contributed by atoms with Gasteiger partial charge in [-0.3, -0.25) is 9.59 Å². The Morgan fingerprint density at radius 3 is 2.19 bits per heavy atom. The summed E-state index contributed by atoms with van der Waals surface area (Å²) in [6, 6.07) is 6.98. The molecule has 4 heteroatoms. The van der Waals surface area contributed by atoms with Gasteiger partial charge in [-0.2, -0.15) is 0 Å². The largest absolute Gasteiger partial charge is 0.508 e. The first kappa shape index (κ1) is 30.4. The molecule has 5 aliphatic rings. The van der Waals surface area contributed by atoms with Crippen molar-refractivity contribution in [2.24, 2.45) is 50.2 Å². The fraction of sp³-hybridized carbons (Fsp3) is 0.641. The van der Waals surface area contributed by atoms with Crippen molar-refractivity contribution in [1.82, 2.24) is 0 Å². The zero-order valence-corrected chi connectivity index (χ0v) is 27.4. The molecule has 8 unspecified atom stereocenters. The van der Waals surface area contributed by atoms with E-state index in [1.165, 1.54) is 17.6 Å². The molecule has 0 saturated heterocycles. The minimum absolute atomic E-state index is 0.0229. The number of aromatic hydroxyl groups is 1. The van der Waals surface area contributed by atoms with Crippen LogP contribution in [0.1, 0.15) is 112 Å². The summed E-state index contributed by atoms with van der Waals surface area (Å²) >= 11 is 0. The van der Waals surface area contributed by atoms with E-state index in [9.17, 15) is 19.8 Å². The highest BCUT2D eigenvalue weighted by Gasteiger charge is 2.66. The first-order valence-electron chi connectivity index (χ1n) is 16.7. The Morgan fingerprint density at radius 1 is 0.837 bits per heavy atom. The standard InChI is InChI=1S/C39H52O4/c1-34(2)29(30(41)14-10-25-8-11-26(40)12-9-25)16-18-37(5)27-17-19-39(7)32-24-36(4,33(42)43)21-20-35(32,3)22-23-38(39,6)28(27)13-15-31(34)37/h8-14,17,29,31-32,40H,15-16,18-24H2,1-7H3,(H,42,43). The molecular weight excluding hydrogens is 532 g/mol. The van der Waals surface area contributed by atoms with Crippen LogP contribution in [0, 0.1) is 50.2 Å². The third kappa shape index (κ3) is 4.28. The van der Waals surface area contributed by atoms with E-state index in [1.54, 1.807) is 18.2 Å². The van der Waals surface area contributed by atoms with Crippen molar-refractivity contribution in [3.8, 4) is 5.75 Å². The van der Waals surface area contributed by atoms with Crippen LogP contribution in [0.4, 0.5) is 0 Å². The molecule has 0 aromatic heterocycles. The maximum atomic E-state index is 13.7. The molecule has 3 saturated carbocycles. The number of hydrogen-bond acceptors (Lipinski definition) is 3. The highest BCUT2D eigenvalue weighted by molar-refractivity contribution is 5.96. The van der Waals surface area contributed by atoms with Gasteiger partial charge in [-0.15, -0.1) is 0 Å². The number of phenols is 1. The third-order valence-electron chi connectivity index (χ3n) is 14.5. The molecule has 2 N–H and O–H groups in total. The Morgan fingerprint density at radius 2 is 1.51 bits per heavy atom. The van der Waals surface area contributed by atoms with Gasteiger partial charge in [-0.05, 0) is 139 Å². The van der Waals surface area contributed by atoms with Crippen LogP contribution in [0.5, 0.6) is 5.75 Å². The first-order chi connectivity index (χ1) is 20.0. The van der Waals surface area contributed by atoms with Crippen LogP contribution in [0.2, 0.25) is 0 Å². The van der Waals surface area contributed by atoms with E-state index in [2.05, 4.69) is 53.7 Å². The molecule has 0 heterocycles. The highest BCUT2D eigenvalue weighted by atomic mass is 16.4. The second-order valence-corrected chi connectivity index (χ2v) is 16.9. The van der Waals surface area contributed by atoms with E-state index in [0.29, 0.717) is 11.8 Å². The summed E-state index contributed by atoms with van der Waals surface area (Å²) in [4.78, 5) is 26.1. The second-order valence-electron chi connectivity index (χ2n) is 16.9. The van der Waals surface area contributed by atoms with E-state index in [-0.39, 0.29) is 44.5 Å². The molecule has 0 bridgehead atoms. The predicted molar refractivity (Wildman–Crippen MR) is 172 cm³/mol. The Labute approximate surface area is 258 Å². The number of hydrogen-bond donors (Lipinski definition) is 2. The third-order valence-corrected chi connectivity index (χ3v) is 14.5. The molecule has 0 amide bonds. The molecule has 0 aliphatic heterocycles. The summed E-state index contributed by atoms with van der Waals surface area (Å²) in [5.74, 6) is 0.542. The van der Waals surface area contributed by atoms with E-state index in [4.69, 9.17) is 0 Å². The van der Waals surface area contributed by atoms with Crippen LogP contribution in [0.3, 0.4) is 0 Å². The molecule has 3 fully saturated rings. The van der Waals surface area contributed by atoms with Gasteiger partial charge in [-0.1, -0.05) is 71.9 Å². The van der Waals surface area contributed by atoms with Crippen LogP contribution in [-0.4, -0.2) is 22.0 Å². The van der Waals surface area contributed by atoms with Crippen molar-refractivity contribution in [1.29, 1.82) is 0 Å². The lowest BCUT2D eigenvalue weighted by Crippen LogP contribution is -2.61. The topological polar surface area (TPSA) is 74.6 Å². The first-order valence-corrected chi connectivity index (χ1v) is 16.7. The Balaban J connectivity index is 1.31. The molecule has 6 rings (SSSR count). The molecule has 232 valence electrons. The van der Waals surface area contributed by atoms with Crippen LogP contribution in [-0.2, 0) is 9.59 Å². The van der Waals surface area contributed by atoms with Gasteiger partial charge in [0.2, 0.25) is 0 Å². The number of ketones is 1. The van der Waals surface area contributed by atoms with Crippen LogP contribution < -0.4 is 0 Å². The molecule has 8 atom stereocenters. The molecule has 43 heavy (non-hydrogen) atoms. The van der Waals surface area contributed by atoms with Crippen LogP contribution in [0.25, 0.3) is 6.08 Å². The van der Waals surface area contributed by atoms with Crippen molar-refractivity contribution in [3.63, 3.8) is 0 Å². The van der Waals surface area contributed by atoms with Gasteiger partial charge in [0.15, 0.2) is 5.78 Å². The van der Waals surface area contributed by atoms with Crippen LogP contribution in [0.15, 0.2) is 53.6 Å². The summed E-state index contributed by atoms with van der Waals surface area (Å²) in [6.07, 6.45) is 17.5. The maximum absolute atomic E-state index is 13.7. The molecule has 4 nitrogen and oxygen atoms in total. The number of phenolic OH excluding ortho intramolecular Hbond substituents is 1. The monoisotopic (exact) mass is 584 g/mol. The van der Waals surface area contributed by atoms with Crippen LogP contribution >= 0.6 is 0 Å². The lowest BCUT2D eigenvalue weighted by atomic mass is 9.35. The lowest BCUT2D eigenvalue weighted by Gasteiger charge is -2.68. The van der Waals surface area contributed by atoms with Crippen molar-refractivity contribution >= 4 is 17.8 Å². The smallest absolute Gasteiger partial charge is 0.309 e. The van der Waals surface area contributed by atoms with E-state index in [1.807, 2.05) is 25.1 Å². The van der Waals surface area contributed by atoms with Gasteiger partial charge in [0.25, 0.3) is 0 Å². The second kappa shape index (κ2) is 9.69. The van der Waals surface area contributed by atoms with Gasteiger partial charge >= 0.3 is 5.97 Å². The fourth-order valence-electron chi connectivity index (χ4n) is 11.2. The number of rotatable bonds is 4. The zero-order chi connectivity index (χ0) is 31.2. The van der Waals surface area contributed by atoms with E-state index < -0.39 is 11.4 Å². The summed E-state index contributed by atoms with van der Waals surface area (Å²) in [5, 5.41) is 19.8. The zero-order valence-electron chi connectivity index (χ0n) is 27.4. The molecular formula is C39H52O4. The normalized spacial score (nSPS) is 43.4. The minimum atomic E-state index is -0.640. The Bertz CT molecular complexity index is 1430. The Kier molecular flexibility index (Phi) is 6.85. The predicted octanol–water partition coefficient (Wildman–Crippen LogP) is 9.40. The number of carbonyl (C=O) groups excluding carboxylic acids is 1. The number of fused-ring (bicyclic) bond motifs is 7. The van der Waals surface area contributed by atoms with Crippen molar-refractivity contribution in [3.05, 3.63) is 59.2 Å². The highest BCUT2D eigenvalue weighted by Crippen LogP contribution is 2.74. The number of carboxylic acid groups (broad SMARTS) is 1. The van der Waals surface area contributed by atoms with Crippen molar-refractivity contribution in [2.45, 2.75) is 106 Å². The fourth-order valence-corrected chi connectivity index (χ4v) is 11.2. The maximum Gasteiger partial charge on any atom is 0.309 e. The van der Waals surface area contributed by atoms with Gasteiger partial charge < -0.3 is 10.2 Å². The quantitative estimate of drug-likeness (QED) is 0.346. The lowest BCUT2D eigenvalue weighted by molar-refractivity contribution is -0.170. The molecule has 0 radical (unpaired) electrons. The number of benzene rings is 1. The minimum Gasteiger partial charge on any atom is -0.508 e. The van der Waals surface area contributed by atoms with E-state index in [0.717, 1.165) is 56.9 Å². The molecule has 0 spiro atoms. The van der Waals surface area contributed by atoms with Gasteiger partial charge in [-0.25, -0.2) is 0 Å². The average molecular weight is 585 g/mol. The van der Waals surface area contributed by atoms with Crippen molar-refractivity contribution in [2.75, 3.05) is 0 Å². The molecule has 1 aromatic rings. The molecule has 5 aliphatic carbocycles. The number of carboxylic acids is 1. The van der Waals surface area contributed by atoms with E-state index >= 15 is 0 Å². The summed E-state index contributed by atoms with van der Waals surface area (Å²) in [6.45, 7) is 16.6. The van der Waals surface area contributed by atoms with Gasteiger partial charge in [0.05, 0.1) is 5.41 Å². The number of allylic oxidation sites excluding steroid dienone is 5. The Hall–Kier alpha value is -2.62. The number of carbonyl (C=O) groups is 2.